The summed E-state index contributed by atoms with van der Waals surface area (Å²) in [7, 11) is 6.15. The van der Waals surface area contributed by atoms with Crippen LogP contribution in [0.15, 0.2) is 48.5 Å². The van der Waals surface area contributed by atoms with Crippen LogP contribution in [0.1, 0.15) is 11.1 Å². The normalized spacial score (nSPS) is 15.4. The van der Waals surface area contributed by atoms with Crippen molar-refractivity contribution in [3.05, 3.63) is 70.5 Å². The summed E-state index contributed by atoms with van der Waals surface area (Å²) in [5, 5.41) is 12.4. The van der Waals surface area contributed by atoms with Crippen LogP contribution in [0.2, 0.25) is 5.02 Å². The van der Waals surface area contributed by atoms with Crippen LogP contribution < -0.4 is 10.1 Å². The lowest BCUT2D eigenvalue weighted by Gasteiger charge is -2.33. The standard InChI is InChI=1S/C31H34ClFN4O5/c1-18-20(8-7-11-26(18)34-29(39)24-17-36(3)31(41)37(4)30(24)40)22-10-6-9-21(28(22)32)19-14-25(33)23(27(15-19)42-5)16-35(2)12-13-38/h6-11,14-15,24,38H,12-13,16-17H2,1-5H3,(H,34,39). The number of hydrogen-bond donors (Lipinski definition) is 2. The molecule has 1 unspecified atom stereocenters. The number of urea groups is 1. The molecule has 1 saturated heterocycles. The largest absolute Gasteiger partial charge is 0.496 e. The minimum atomic E-state index is -1.04. The number of imide groups is 1. The van der Waals surface area contributed by atoms with E-state index in [4.69, 9.17) is 16.3 Å². The first-order valence-corrected chi connectivity index (χ1v) is 13.7. The highest BCUT2D eigenvalue weighted by Crippen LogP contribution is 2.41. The first-order chi connectivity index (χ1) is 20.0. The lowest BCUT2D eigenvalue weighted by Crippen LogP contribution is -2.56. The van der Waals surface area contributed by atoms with Crippen LogP contribution in [0.5, 0.6) is 5.75 Å². The average molecular weight is 597 g/mol. The monoisotopic (exact) mass is 596 g/mol. The number of carbonyl (C=O) groups excluding carboxylic acids is 3. The summed E-state index contributed by atoms with van der Waals surface area (Å²) >= 11 is 6.93. The molecule has 1 aliphatic rings. The van der Waals surface area contributed by atoms with Gasteiger partial charge in [0, 0.05) is 56.1 Å². The maximum atomic E-state index is 15.3. The Kier molecular flexibility index (Phi) is 9.50. The summed E-state index contributed by atoms with van der Waals surface area (Å²) in [6.45, 7) is 2.42. The van der Waals surface area contributed by atoms with E-state index >= 15 is 4.39 Å². The number of hydrogen-bond acceptors (Lipinski definition) is 6. The van der Waals surface area contributed by atoms with E-state index in [0.29, 0.717) is 45.3 Å². The molecule has 3 aromatic rings. The number of methoxy groups -OCH3 is 1. The number of amides is 4. The van der Waals surface area contributed by atoms with Gasteiger partial charge in [-0.3, -0.25) is 19.4 Å². The Morgan fingerprint density at radius 1 is 1.14 bits per heavy atom. The van der Waals surface area contributed by atoms with E-state index in [2.05, 4.69) is 5.32 Å². The van der Waals surface area contributed by atoms with Crippen molar-refractivity contribution < 1.29 is 28.6 Å². The highest BCUT2D eigenvalue weighted by Gasteiger charge is 2.39. The summed E-state index contributed by atoms with van der Waals surface area (Å²) in [4.78, 5) is 41.9. The van der Waals surface area contributed by atoms with E-state index in [0.717, 1.165) is 16.0 Å². The molecule has 1 heterocycles. The van der Waals surface area contributed by atoms with E-state index in [1.54, 1.807) is 36.2 Å². The van der Waals surface area contributed by atoms with Gasteiger partial charge in [-0.15, -0.1) is 0 Å². The lowest BCUT2D eigenvalue weighted by molar-refractivity contribution is -0.140. The third-order valence-corrected chi connectivity index (χ3v) is 7.90. The smallest absolute Gasteiger partial charge is 0.326 e. The average Bonchev–Trinajstić information content (AvgIpc) is 2.96. The van der Waals surface area contributed by atoms with E-state index in [-0.39, 0.29) is 19.7 Å². The van der Waals surface area contributed by atoms with E-state index in [1.165, 1.54) is 32.2 Å². The van der Waals surface area contributed by atoms with Gasteiger partial charge in [0.1, 0.15) is 17.5 Å². The molecule has 4 rings (SSSR count). The number of aliphatic hydroxyl groups is 1. The number of halogens is 2. The number of nitrogens with zero attached hydrogens (tertiary/aromatic N) is 3. The Morgan fingerprint density at radius 3 is 2.50 bits per heavy atom. The number of likely N-dealkylation sites (N-methyl/N-ethyl adjacent to an activating group) is 1. The number of rotatable bonds is 9. The molecule has 0 aromatic heterocycles. The Hall–Kier alpha value is -3.99. The van der Waals surface area contributed by atoms with Crippen LogP contribution in [-0.2, 0) is 16.1 Å². The molecule has 4 amide bonds. The fraction of sp³-hybridized carbons (Fsp3) is 0.323. The van der Waals surface area contributed by atoms with E-state index < -0.39 is 29.6 Å². The molecule has 0 aliphatic carbocycles. The molecule has 0 spiro atoms. The molecule has 222 valence electrons. The van der Waals surface area contributed by atoms with Gasteiger partial charge in [0.15, 0.2) is 0 Å². The van der Waals surface area contributed by atoms with Crippen molar-refractivity contribution in [2.75, 3.05) is 53.3 Å². The first-order valence-electron chi connectivity index (χ1n) is 13.4. The second kappa shape index (κ2) is 12.9. The van der Waals surface area contributed by atoms with Gasteiger partial charge in [-0.05, 0) is 48.9 Å². The minimum Gasteiger partial charge on any atom is -0.496 e. The Labute approximate surface area is 249 Å². The fourth-order valence-corrected chi connectivity index (χ4v) is 5.41. The van der Waals surface area contributed by atoms with Crippen molar-refractivity contribution >= 4 is 35.1 Å². The van der Waals surface area contributed by atoms with Crippen molar-refractivity contribution in [1.82, 2.24) is 14.7 Å². The van der Waals surface area contributed by atoms with Gasteiger partial charge >= 0.3 is 6.03 Å². The maximum absolute atomic E-state index is 15.3. The zero-order chi connectivity index (χ0) is 30.7. The SMILES string of the molecule is COc1cc(-c2cccc(-c3cccc(NC(=O)C4CN(C)C(=O)N(C)C4=O)c3C)c2Cl)cc(F)c1CN(C)CCO. The number of anilines is 1. The zero-order valence-electron chi connectivity index (χ0n) is 24.2. The third kappa shape index (κ3) is 6.11. The summed E-state index contributed by atoms with van der Waals surface area (Å²) in [6.07, 6.45) is 0. The van der Waals surface area contributed by atoms with Crippen molar-refractivity contribution in [2.24, 2.45) is 5.92 Å². The van der Waals surface area contributed by atoms with Crippen molar-refractivity contribution in [3.63, 3.8) is 0 Å². The highest BCUT2D eigenvalue weighted by molar-refractivity contribution is 6.36. The second-order valence-electron chi connectivity index (χ2n) is 10.3. The van der Waals surface area contributed by atoms with Crippen molar-refractivity contribution in [1.29, 1.82) is 0 Å². The highest BCUT2D eigenvalue weighted by atomic mass is 35.5. The maximum Gasteiger partial charge on any atom is 0.326 e. The first kappa shape index (κ1) is 31.0. The molecule has 42 heavy (non-hydrogen) atoms. The van der Waals surface area contributed by atoms with E-state index in [1.807, 2.05) is 25.1 Å². The molecule has 0 radical (unpaired) electrons. The van der Waals surface area contributed by atoms with Crippen molar-refractivity contribution in [2.45, 2.75) is 13.5 Å². The van der Waals surface area contributed by atoms with Crippen LogP contribution in [0.3, 0.4) is 0 Å². The molecule has 11 heteroatoms. The van der Waals surface area contributed by atoms with Gasteiger partial charge in [-0.25, -0.2) is 9.18 Å². The van der Waals surface area contributed by atoms with Crippen LogP contribution >= 0.6 is 11.6 Å². The molecule has 1 atom stereocenters. The molecule has 9 nitrogen and oxygen atoms in total. The molecule has 1 aliphatic heterocycles. The van der Waals surface area contributed by atoms with Crippen LogP contribution in [-0.4, -0.2) is 85.6 Å². The fourth-order valence-electron chi connectivity index (χ4n) is 5.08. The zero-order valence-corrected chi connectivity index (χ0v) is 25.0. The minimum absolute atomic E-state index is 0.0169. The van der Waals surface area contributed by atoms with Gasteiger partial charge < -0.3 is 20.1 Å². The number of nitrogens with one attached hydrogen (secondary N) is 1. The molecule has 3 aromatic carbocycles. The summed E-state index contributed by atoms with van der Waals surface area (Å²) in [5.74, 6) is -2.20. The number of aliphatic hydroxyl groups excluding tert-OH is 1. The van der Waals surface area contributed by atoms with E-state index in [9.17, 15) is 19.5 Å². The third-order valence-electron chi connectivity index (χ3n) is 7.49. The number of ether oxygens (including phenoxy) is 1. The lowest BCUT2D eigenvalue weighted by atomic mass is 9.94. The summed E-state index contributed by atoms with van der Waals surface area (Å²) in [5.41, 5.74) is 4.14. The number of carbonyl (C=O) groups is 3. The second-order valence-corrected chi connectivity index (χ2v) is 10.7. The van der Waals surface area contributed by atoms with Crippen LogP contribution in [0, 0.1) is 18.7 Å². The summed E-state index contributed by atoms with van der Waals surface area (Å²) < 4.78 is 20.8. The van der Waals surface area contributed by atoms with Gasteiger partial charge in [-0.2, -0.15) is 0 Å². The van der Waals surface area contributed by atoms with Gasteiger partial charge in [0.2, 0.25) is 11.8 Å². The predicted octanol–water partition coefficient (Wildman–Crippen LogP) is 4.63. The Morgan fingerprint density at radius 2 is 1.81 bits per heavy atom. The predicted molar refractivity (Wildman–Crippen MR) is 160 cm³/mol. The molecular weight excluding hydrogens is 563 g/mol. The molecule has 0 bridgehead atoms. The molecule has 2 N–H and O–H groups in total. The Bertz CT molecular complexity index is 1530. The topological polar surface area (TPSA) is 102 Å². The van der Waals surface area contributed by atoms with Gasteiger partial charge in [-0.1, -0.05) is 41.9 Å². The van der Waals surface area contributed by atoms with Crippen LogP contribution in [0.25, 0.3) is 22.3 Å². The van der Waals surface area contributed by atoms with Gasteiger partial charge in [0.05, 0.1) is 18.7 Å². The molecule has 1 fully saturated rings. The van der Waals surface area contributed by atoms with Gasteiger partial charge in [0.25, 0.3) is 0 Å². The molecule has 0 saturated carbocycles. The molecular formula is C31H34ClFN4O5. The van der Waals surface area contributed by atoms with Crippen LogP contribution in [0.4, 0.5) is 14.9 Å². The summed E-state index contributed by atoms with van der Waals surface area (Å²) in [6, 6.07) is 13.5. The van der Waals surface area contributed by atoms with Crippen molar-refractivity contribution in [3.8, 4) is 28.0 Å². The Balaban J connectivity index is 1.66. The number of benzene rings is 3. The quantitative estimate of drug-likeness (QED) is 0.349.